The van der Waals surface area contributed by atoms with E-state index in [1.807, 2.05) is 0 Å². The summed E-state index contributed by atoms with van der Waals surface area (Å²) in [4.78, 5) is 0. The third-order valence-electron chi connectivity index (χ3n) is 3.17. The summed E-state index contributed by atoms with van der Waals surface area (Å²) < 4.78 is 48.4. The van der Waals surface area contributed by atoms with Crippen LogP contribution in [0.25, 0.3) is 0 Å². The molecule has 1 aromatic rings. The maximum atomic E-state index is 12.4. The van der Waals surface area contributed by atoms with Crippen LogP contribution in [-0.2, 0) is 15.7 Å². The molecule has 0 saturated carbocycles. The molecule has 1 saturated heterocycles. The lowest BCUT2D eigenvalue weighted by atomic mass is 10.0. The molecule has 106 valence electrons. The zero-order chi connectivity index (χ0) is 13.9. The third-order valence-corrected chi connectivity index (χ3v) is 3.17. The van der Waals surface area contributed by atoms with Crippen molar-refractivity contribution in [3.63, 3.8) is 0 Å². The second-order valence-corrected chi connectivity index (χ2v) is 4.77. The van der Waals surface area contributed by atoms with Crippen molar-refractivity contribution < 1.29 is 22.6 Å². The first-order chi connectivity index (χ1) is 9.00. The van der Waals surface area contributed by atoms with Crippen molar-refractivity contribution in [3.8, 4) is 0 Å². The molecule has 1 aliphatic rings. The summed E-state index contributed by atoms with van der Waals surface area (Å²) in [6, 6.07) is 4.93. The molecule has 0 radical (unpaired) electrons. The Labute approximate surface area is 110 Å². The number of halogens is 3. The van der Waals surface area contributed by atoms with Crippen LogP contribution < -0.4 is 0 Å². The van der Waals surface area contributed by atoms with Crippen LogP contribution in [0.4, 0.5) is 13.2 Å². The predicted molar refractivity (Wildman–Crippen MR) is 64.5 cm³/mol. The van der Waals surface area contributed by atoms with Crippen molar-refractivity contribution in [1.82, 2.24) is 0 Å². The molecule has 1 aliphatic heterocycles. The third kappa shape index (κ3) is 3.70. The minimum Gasteiger partial charge on any atom is -0.348 e. The fourth-order valence-corrected chi connectivity index (χ4v) is 2.14. The molecule has 0 aliphatic carbocycles. The Morgan fingerprint density at radius 2 is 1.68 bits per heavy atom. The molecule has 0 aromatic heterocycles. The molecule has 0 bridgehead atoms. The van der Waals surface area contributed by atoms with E-state index in [1.165, 1.54) is 12.1 Å². The van der Waals surface area contributed by atoms with Crippen molar-refractivity contribution >= 4 is 0 Å². The van der Waals surface area contributed by atoms with Crippen LogP contribution in [0.15, 0.2) is 24.3 Å². The van der Waals surface area contributed by atoms with Crippen LogP contribution in [-0.4, -0.2) is 13.2 Å². The molecule has 5 heteroatoms. The smallest absolute Gasteiger partial charge is 0.348 e. The Bertz CT molecular complexity index is 392. The van der Waals surface area contributed by atoms with Gasteiger partial charge in [0, 0.05) is 11.5 Å². The van der Waals surface area contributed by atoms with Gasteiger partial charge in [0.15, 0.2) is 6.29 Å². The Kier molecular flexibility index (Phi) is 4.47. The van der Waals surface area contributed by atoms with Gasteiger partial charge in [0.1, 0.15) is 0 Å². The highest BCUT2D eigenvalue weighted by atomic mass is 19.4. The van der Waals surface area contributed by atoms with Crippen LogP contribution >= 0.6 is 0 Å². The highest BCUT2D eigenvalue weighted by Gasteiger charge is 2.31. The number of hydrogen-bond donors (Lipinski definition) is 0. The Hall–Kier alpha value is -1.07. The zero-order valence-corrected chi connectivity index (χ0v) is 10.7. The van der Waals surface area contributed by atoms with Gasteiger partial charge in [0.2, 0.25) is 0 Å². The molecule has 2 rings (SSSR count). The summed E-state index contributed by atoms with van der Waals surface area (Å²) >= 11 is 0. The van der Waals surface area contributed by atoms with Gasteiger partial charge in [-0.15, -0.1) is 0 Å². The first-order valence-corrected chi connectivity index (χ1v) is 6.41. The number of alkyl halides is 3. The van der Waals surface area contributed by atoms with Gasteiger partial charge < -0.3 is 9.47 Å². The van der Waals surface area contributed by atoms with E-state index in [-0.39, 0.29) is 0 Å². The summed E-state index contributed by atoms with van der Waals surface area (Å²) in [5.74, 6) is 0.385. The molecular weight excluding hydrogens is 257 g/mol. The van der Waals surface area contributed by atoms with Crippen LogP contribution in [0.1, 0.15) is 37.2 Å². The van der Waals surface area contributed by atoms with Crippen molar-refractivity contribution in [1.29, 1.82) is 0 Å². The summed E-state index contributed by atoms with van der Waals surface area (Å²) in [6.07, 6.45) is -2.74. The number of benzene rings is 1. The molecule has 0 unspecified atom stereocenters. The van der Waals surface area contributed by atoms with Gasteiger partial charge in [-0.05, 0) is 18.6 Å². The summed E-state index contributed by atoms with van der Waals surface area (Å²) in [7, 11) is 0. The topological polar surface area (TPSA) is 18.5 Å². The first kappa shape index (κ1) is 14.3. The fourth-order valence-electron chi connectivity index (χ4n) is 2.14. The van der Waals surface area contributed by atoms with Crippen molar-refractivity contribution in [2.24, 2.45) is 5.92 Å². The largest absolute Gasteiger partial charge is 0.416 e. The Morgan fingerprint density at radius 1 is 1.11 bits per heavy atom. The number of rotatable bonds is 3. The van der Waals surface area contributed by atoms with Gasteiger partial charge in [-0.25, -0.2) is 0 Å². The molecule has 0 N–H and O–H groups in total. The second-order valence-electron chi connectivity index (χ2n) is 4.77. The fraction of sp³-hybridized carbons (Fsp3) is 0.571. The highest BCUT2D eigenvalue weighted by molar-refractivity contribution is 5.25. The standard InChI is InChI=1S/C14H17F3O2/c1-2-3-10-8-18-13(19-9-10)11-4-6-12(7-5-11)14(15,16)17/h4-7,10,13H,2-3,8-9H2,1H3. The van der Waals surface area contributed by atoms with E-state index in [0.717, 1.165) is 25.0 Å². The van der Waals surface area contributed by atoms with Crippen LogP contribution in [0.2, 0.25) is 0 Å². The van der Waals surface area contributed by atoms with Gasteiger partial charge in [-0.2, -0.15) is 13.2 Å². The maximum Gasteiger partial charge on any atom is 0.416 e. The molecule has 1 heterocycles. The molecule has 1 aromatic carbocycles. The summed E-state index contributed by atoms with van der Waals surface area (Å²) in [5, 5.41) is 0. The van der Waals surface area contributed by atoms with Gasteiger partial charge in [-0.3, -0.25) is 0 Å². The van der Waals surface area contributed by atoms with Crippen LogP contribution in [0.3, 0.4) is 0 Å². The van der Waals surface area contributed by atoms with Gasteiger partial charge in [0.25, 0.3) is 0 Å². The molecular formula is C14H17F3O2. The van der Waals surface area contributed by atoms with Crippen molar-refractivity contribution in [2.75, 3.05) is 13.2 Å². The average Bonchev–Trinajstić information content (AvgIpc) is 2.39. The quantitative estimate of drug-likeness (QED) is 0.823. The van der Waals surface area contributed by atoms with E-state index < -0.39 is 18.0 Å². The summed E-state index contributed by atoms with van der Waals surface area (Å²) in [5.41, 5.74) is -0.0288. The Balaban J connectivity index is 1.97. The van der Waals surface area contributed by atoms with Crippen LogP contribution in [0, 0.1) is 5.92 Å². The van der Waals surface area contributed by atoms with Gasteiger partial charge in [0.05, 0.1) is 18.8 Å². The second kappa shape index (κ2) is 5.92. The zero-order valence-electron chi connectivity index (χ0n) is 10.7. The SMILES string of the molecule is CCCC1COC(c2ccc(C(F)(F)F)cc2)OC1. The lowest BCUT2D eigenvalue weighted by Gasteiger charge is -2.29. The minimum atomic E-state index is -4.31. The van der Waals surface area contributed by atoms with E-state index in [4.69, 9.17) is 9.47 Å². The van der Waals surface area contributed by atoms with E-state index in [0.29, 0.717) is 24.7 Å². The van der Waals surface area contributed by atoms with Crippen molar-refractivity contribution in [2.45, 2.75) is 32.2 Å². The van der Waals surface area contributed by atoms with E-state index >= 15 is 0 Å². The molecule has 19 heavy (non-hydrogen) atoms. The van der Waals surface area contributed by atoms with E-state index in [1.54, 1.807) is 0 Å². The molecule has 0 spiro atoms. The monoisotopic (exact) mass is 274 g/mol. The predicted octanol–water partition coefficient (Wildman–Crippen LogP) is 4.17. The molecule has 2 nitrogen and oxygen atoms in total. The highest BCUT2D eigenvalue weighted by Crippen LogP contribution is 2.32. The maximum absolute atomic E-state index is 12.4. The number of hydrogen-bond acceptors (Lipinski definition) is 2. The minimum absolute atomic E-state index is 0.385. The molecule has 1 fully saturated rings. The summed E-state index contributed by atoms with van der Waals surface area (Å²) in [6.45, 7) is 3.29. The molecule has 0 amide bonds. The lowest BCUT2D eigenvalue weighted by Crippen LogP contribution is -2.27. The van der Waals surface area contributed by atoms with E-state index in [2.05, 4.69) is 6.92 Å². The average molecular weight is 274 g/mol. The molecule has 0 atom stereocenters. The van der Waals surface area contributed by atoms with Gasteiger partial charge in [-0.1, -0.05) is 25.5 Å². The Morgan fingerprint density at radius 3 is 2.16 bits per heavy atom. The lowest BCUT2D eigenvalue weighted by molar-refractivity contribution is -0.206. The van der Waals surface area contributed by atoms with E-state index in [9.17, 15) is 13.2 Å². The van der Waals surface area contributed by atoms with Crippen molar-refractivity contribution in [3.05, 3.63) is 35.4 Å². The van der Waals surface area contributed by atoms with Crippen LogP contribution in [0.5, 0.6) is 0 Å². The first-order valence-electron chi connectivity index (χ1n) is 6.41. The van der Waals surface area contributed by atoms with Gasteiger partial charge >= 0.3 is 6.18 Å². The number of ether oxygens (including phenoxy) is 2. The normalized spacial score (nSPS) is 24.4.